The maximum Gasteiger partial charge on any atom is 0.284 e. The van der Waals surface area contributed by atoms with E-state index in [-0.39, 0.29) is 17.3 Å². The second-order valence-electron chi connectivity index (χ2n) is 6.39. The summed E-state index contributed by atoms with van der Waals surface area (Å²) < 4.78 is 26.0. The fourth-order valence-corrected chi connectivity index (χ4v) is 4.40. The number of hydrogen-bond donors (Lipinski definition) is 1. The summed E-state index contributed by atoms with van der Waals surface area (Å²) in [7, 11) is -4.13. The van der Waals surface area contributed by atoms with Crippen molar-refractivity contribution >= 4 is 43.9 Å². The minimum atomic E-state index is -4.13. The van der Waals surface area contributed by atoms with E-state index in [0.717, 1.165) is 5.56 Å². The molecule has 0 aliphatic carbocycles. The van der Waals surface area contributed by atoms with E-state index in [1.807, 2.05) is 6.07 Å². The number of pyridine rings is 2. The number of carbonyl (C=O) groups is 1. The first-order valence-corrected chi connectivity index (χ1v) is 10.8. The predicted molar refractivity (Wildman–Crippen MR) is 113 cm³/mol. The van der Waals surface area contributed by atoms with Crippen LogP contribution in [-0.2, 0) is 21.1 Å². The van der Waals surface area contributed by atoms with Crippen molar-refractivity contribution < 1.29 is 13.2 Å². The van der Waals surface area contributed by atoms with E-state index >= 15 is 0 Å². The van der Waals surface area contributed by atoms with E-state index < -0.39 is 20.8 Å². The highest BCUT2D eigenvalue weighted by molar-refractivity contribution is 8.08. The second kappa shape index (κ2) is 8.21. The fourth-order valence-electron chi connectivity index (χ4n) is 2.92. The summed E-state index contributed by atoms with van der Waals surface area (Å²) in [4.78, 5) is 20.8. The first kappa shape index (κ1) is 20.0. The summed E-state index contributed by atoms with van der Waals surface area (Å²) in [6, 6.07) is 13.2. The third-order valence-corrected chi connectivity index (χ3v) is 6.30. The van der Waals surface area contributed by atoms with E-state index in [1.54, 1.807) is 42.7 Å². The lowest BCUT2D eigenvalue weighted by atomic mass is 10.2. The van der Waals surface area contributed by atoms with Crippen molar-refractivity contribution in [2.45, 2.75) is 11.3 Å². The van der Waals surface area contributed by atoms with E-state index in [2.05, 4.69) is 20.4 Å². The third-order valence-electron chi connectivity index (χ3n) is 4.37. The molecule has 1 aliphatic rings. The summed E-state index contributed by atoms with van der Waals surface area (Å²) in [5, 5.41) is 8.00. The Bertz CT molecular complexity index is 1210. The highest BCUT2D eigenvalue weighted by Crippen LogP contribution is 2.35. The van der Waals surface area contributed by atoms with Crippen molar-refractivity contribution in [1.82, 2.24) is 15.3 Å². The molecule has 0 spiro atoms. The largest absolute Gasteiger partial charge is 0.350 e. The van der Waals surface area contributed by atoms with Gasteiger partial charge in [-0.1, -0.05) is 17.7 Å². The molecule has 0 unspecified atom stereocenters. The molecule has 3 heterocycles. The number of carbonyl (C=O) groups excluding carboxylic acids is 1. The van der Waals surface area contributed by atoms with E-state index in [9.17, 15) is 13.2 Å². The number of aromatic nitrogens is 2. The summed E-state index contributed by atoms with van der Waals surface area (Å²) in [6.07, 6.45) is 5.31. The first-order chi connectivity index (χ1) is 14.5. The zero-order valence-corrected chi connectivity index (χ0v) is 17.1. The molecule has 2 aromatic heterocycles. The van der Waals surface area contributed by atoms with Crippen LogP contribution in [0.25, 0.3) is 0 Å². The molecule has 1 aromatic carbocycles. The zero-order chi connectivity index (χ0) is 21.1. The maximum absolute atomic E-state index is 13.0. The molecular weight excluding hydrogens is 426 g/mol. The predicted octanol–water partition coefficient (Wildman–Crippen LogP) is 2.73. The molecule has 4 rings (SSSR count). The lowest BCUT2D eigenvalue weighted by molar-refractivity contribution is -0.114. The number of nitrogens with one attached hydrogen (secondary N) is 1. The van der Waals surface area contributed by atoms with Crippen molar-refractivity contribution in [2.24, 2.45) is 5.10 Å². The van der Waals surface area contributed by atoms with E-state index in [1.165, 1.54) is 23.3 Å². The Balaban J connectivity index is 1.65. The van der Waals surface area contributed by atoms with Gasteiger partial charge in [0.05, 0.1) is 5.69 Å². The van der Waals surface area contributed by atoms with Gasteiger partial charge in [0.2, 0.25) is 14.9 Å². The van der Waals surface area contributed by atoms with E-state index in [0.29, 0.717) is 17.1 Å². The van der Waals surface area contributed by atoms with Crippen LogP contribution in [0.1, 0.15) is 5.56 Å². The van der Waals surface area contributed by atoms with Gasteiger partial charge in [-0.3, -0.25) is 9.78 Å². The van der Waals surface area contributed by atoms with Crippen molar-refractivity contribution in [3.05, 3.63) is 77.7 Å². The van der Waals surface area contributed by atoms with Gasteiger partial charge in [0.15, 0.2) is 5.82 Å². The summed E-state index contributed by atoms with van der Waals surface area (Å²) in [5.74, 6) is -0.668. The molecule has 0 bridgehead atoms. The maximum atomic E-state index is 13.0. The highest BCUT2D eigenvalue weighted by atomic mass is 35.5. The van der Waals surface area contributed by atoms with Gasteiger partial charge in [0, 0.05) is 30.2 Å². The zero-order valence-electron chi connectivity index (χ0n) is 15.6. The van der Waals surface area contributed by atoms with Gasteiger partial charge >= 0.3 is 0 Å². The highest BCUT2D eigenvalue weighted by Gasteiger charge is 2.38. The van der Waals surface area contributed by atoms with Gasteiger partial charge in [-0.25, -0.2) is 18.4 Å². The molecule has 0 saturated carbocycles. The Morgan fingerprint density at radius 1 is 1.07 bits per heavy atom. The van der Waals surface area contributed by atoms with E-state index in [4.69, 9.17) is 11.6 Å². The number of fused-ring (bicyclic) bond motifs is 1. The number of nitrogens with zero attached hydrogens (tertiary/aromatic N) is 4. The van der Waals surface area contributed by atoms with Crippen LogP contribution in [0, 0.1) is 0 Å². The molecule has 152 valence electrons. The smallest absolute Gasteiger partial charge is 0.284 e. The van der Waals surface area contributed by atoms with Gasteiger partial charge < -0.3 is 5.32 Å². The van der Waals surface area contributed by atoms with Crippen LogP contribution in [0.15, 0.2) is 77.1 Å². The number of amides is 1. The quantitative estimate of drug-likeness (QED) is 0.652. The molecule has 10 heteroatoms. The number of anilines is 2. The average molecular weight is 442 g/mol. The lowest BCUT2D eigenvalue weighted by Gasteiger charge is -2.26. The van der Waals surface area contributed by atoms with Crippen LogP contribution in [-0.4, -0.2) is 35.9 Å². The normalized spacial score (nSPS) is 14.6. The summed E-state index contributed by atoms with van der Waals surface area (Å²) in [6.45, 7) is 0.236. The van der Waals surface area contributed by atoms with Crippen molar-refractivity contribution in [1.29, 1.82) is 0 Å². The molecule has 0 radical (unpaired) electrons. The van der Waals surface area contributed by atoms with Gasteiger partial charge in [-0.05, 0) is 54.4 Å². The molecule has 8 nitrogen and oxygen atoms in total. The second-order valence-corrected chi connectivity index (χ2v) is 8.66. The number of hydrazone groups is 1. The molecule has 0 atom stereocenters. The van der Waals surface area contributed by atoms with Crippen LogP contribution >= 0.6 is 11.6 Å². The molecule has 1 amide bonds. The number of sulfone groups is 1. The van der Waals surface area contributed by atoms with Crippen molar-refractivity contribution in [2.75, 3.05) is 11.6 Å². The van der Waals surface area contributed by atoms with Gasteiger partial charge in [0.1, 0.15) is 4.90 Å². The topological polar surface area (TPSA) is 105 Å². The Labute approximate surface area is 178 Å². The molecule has 1 N–H and O–H groups in total. The van der Waals surface area contributed by atoms with Gasteiger partial charge in [0.25, 0.3) is 5.91 Å². The number of benzene rings is 1. The average Bonchev–Trinajstić information content (AvgIpc) is 2.75. The Kier molecular flexibility index (Phi) is 5.47. The van der Waals surface area contributed by atoms with Crippen molar-refractivity contribution in [3.8, 4) is 0 Å². The van der Waals surface area contributed by atoms with Gasteiger partial charge in [-0.2, -0.15) is 0 Å². The third kappa shape index (κ3) is 3.89. The van der Waals surface area contributed by atoms with Gasteiger partial charge in [-0.15, -0.1) is 5.10 Å². The lowest BCUT2D eigenvalue weighted by Crippen LogP contribution is -2.41. The standard InChI is InChI=1S/C20H16ClN5O3S/c21-15-5-7-16(8-6-15)26-18-17(4-2-11-23-18)30(28,29)20(25-26)19(27)24-12-9-14-3-1-10-22-13-14/h1-8,10-11,13H,9,12H2,(H,24,27). The minimum absolute atomic E-state index is 0.0904. The van der Waals surface area contributed by atoms with Crippen LogP contribution < -0.4 is 10.3 Å². The number of rotatable bonds is 5. The molecule has 0 saturated heterocycles. The molecular formula is C20H16ClN5O3S. The molecule has 0 fully saturated rings. The minimum Gasteiger partial charge on any atom is -0.350 e. The molecule has 30 heavy (non-hydrogen) atoms. The Hall–Kier alpha value is -3.30. The van der Waals surface area contributed by atoms with Crippen LogP contribution in [0.5, 0.6) is 0 Å². The number of hydrogen-bond acceptors (Lipinski definition) is 7. The van der Waals surface area contributed by atoms with Crippen LogP contribution in [0.3, 0.4) is 0 Å². The summed E-state index contributed by atoms with van der Waals surface area (Å²) in [5.41, 5.74) is 1.44. The summed E-state index contributed by atoms with van der Waals surface area (Å²) >= 11 is 5.95. The Morgan fingerprint density at radius 2 is 1.83 bits per heavy atom. The van der Waals surface area contributed by atoms with Crippen LogP contribution in [0.4, 0.5) is 11.5 Å². The van der Waals surface area contributed by atoms with Crippen molar-refractivity contribution in [3.63, 3.8) is 0 Å². The molecule has 3 aromatic rings. The number of halogens is 1. The monoisotopic (exact) mass is 441 g/mol. The first-order valence-electron chi connectivity index (χ1n) is 8.98. The fraction of sp³-hybridized carbons (Fsp3) is 0.100. The Morgan fingerprint density at radius 3 is 2.57 bits per heavy atom. The SMILES string of the molecule is O=C(NCCc1cccnc1)C1=NN(c2ccc(Cl)cc2)c2ncccc2S1(=O)=O. The molecule has 1 aliphatic heterocycles. The van der Waals surface area contributed by atoms with Crippen LogP contribution in [0.2, 0.25) is 5.02 Å².